The van der Waals surface area contributed by atoms with Crippen LogP contribution < -0.4 is 10.1 Å². The maximum Gasteiger partial charge on any atom is 0.220 e. The van der Waals surface area contributed by atoms with Gasteiger partial charge in [-0.05, 0) is 41.7 Å². The summed E-state index contributed by atoms with van der Waals surface area (Å²) in [6.07, 6.45) is 1.37. The van der Waals surface area contributed by atoms with Gasteiger partial charge in [0.1, 0.15) is 18.2 Å². The van der Waals surface area contributed by atoms with Crippen molar-refractivity contribution in [2.45, 2.75) is 59.0 Å². The third-order valence-electron chi connectivity index (χ3n) is 4.96. The van der Waals surface area contributed by atoms with E-state index in [1.165, 1.54) is 5.56 Å². The van der Waals surface area contributed by atoms with Gasteiger partial charge in [-0.25, -0.2) is 4.98 Å². The zero-order valence-corrected chi connectivity index (χ0v) is 17.9. The van der Waals surface area contributed by atoms with Gasteiger partial charge >= 0.3 is 0 Å². The van der Waals surface area contributed by atoms with Crippen molar-refractivity contribution in [3.63, 3.8) is 0 Å². The van der Waals surface area contributed by atoms with E-state index in [-0.39, 0.29) is 11.3 Å². The van der Waals surface area contributed by atoms with E-state index in [9.17, 15) is 4.79 Å². The zero-order valence-electron chi connectivity index (χ0n) is 17.9. The fourth-order valence-corrected chi connectivity index (χ4v) is 3.31. The first kappa shape index (κ1) is 20.9. The second-order valence-electron chi connectivity index (χ2n) is 8.32. The van der Waals surface area contributed by atoms with E-state index in [0.29, 0.717) is 26.1 Å². The van der Waals surface area contributed by atoms with Gasteiger partial charge in [0.15, 0.2) is 0 Å². The van der Waals surface area contributed by atoms with Crippen molar-refractivity contribution in [1.29, 1.82) is 0 Å². The predicted octanol–water partition coefficient (Wildman–Crippen LogP) is 4.83. The van der Waals surface area contributed by atoms with Gasteiger partial charge in [-0.1, -0.05) is 52.0 Å². The predicted molar refractivity (Wildman–Crippen MR) is 117 cm³/mol. The minimum Gasteiger partial charge on any atom is -0.492 e. The summed E-state index contributed by atoms with van der Waals surface area (Å²) >= 11 is 0. The molecule has 0 aliphatic rings. The Bertz CT molecular complexity index is 952. The average molecular weight is 394 g/mol. The van der Waals surface area contributed by atoms with E-state index in [1.54, 1.807) is 0 Å². The summed E-state index contributed by atoms with van der Waals surface area (Å²) in [5.74, 6) is 1.77. The summed E-state index contributed by atoms with van der Waals surface area (Å²) in [6.45, 7) is 10.2. The molecule has 0 aliphatic carbocycles. The molecule has 0 radical (unpaired) electrons. The van der Waals surface area contributed by atoms with Crippen molar-refractivity contribution in [3.05, 3.63) is 59.9 Å². The number of hydrogen-bond acceptors (Lipinski definition) is 3. The molecule has 1 amide bonds. The molecule has 1 heterocycles. The van der Waals surface area contributed by atoms with Gasteiger partial charge in [-0.15, -0.1) is 0 Å². The van der Waals surface area contributed by atoms with Gasteiger partial charge in [-0.2, -0.15) is 0 Å². The van der Waals surface area contributed by atoms with Crippen LogP contribution in [0.2, 0.25) is 0 Å². The summed E-state index contributed by atoms with van der Waals surface area (Å²) in [5.41, 5.74) is 3.40. The molecule has 29 heavy (non-hydrogen) atoms. The van der Waals surface area contributed by atoms with E-state index in [1.807, 2.05) is 37.3 Å². The summed E-state index contributed by atoms with van der Waals surface area (Å²) in [6, 6.07) is 16.3. The number of amides is 1. The number of fused-ring (bicyclic) bond motifs is 1. The SMILES string of the molecule is CCCC(=O)NCc1nc2ccccc2n1CCOc1ccc(C(C)(C)C)cc1. The maximum absolute atomic E-state index is 11.9. The molecule has 3 aromatic rings. The summed E-state index contributed by atoms with van der Waals surface area (Å²) in [5, 5.41) is 2.97. The summed E-state index contributed by atoms with van der Waals surface area (Å²) < 4.78 is 8.11. The molecule has 0 spiro atoms. The first-order valence-electron chi connectivity index (χ1n) is 10.3. The number of nitrogens with one attached hydrogen (secondary N) is 1. The Labute approximate surface area is 173 Å². The number of imidazole rings is 1. The molecule has 0 saturated heterocycles. The van der Waals surface area contributed by atoms with E-state index in [0.717, 1.165) is 29.0 Å². The molecule has 0 unspecified atom stereocenters. The third-order valence-corrected chi connectivity index (χ3v) is 4.96. The molecular formula is C24H31N3O2. The Morgan fingerprint density at radius 2 is 1.83 bits per heavy atom. The van der Waals surface area contributed by atoms with Gasteiger partial charge in [0.05, 0.1) is 24.1 Å². The molecule has 0 aliphatic heterocycles. The van der Waals surface area contributed by atoms with Crippen molar-refractivity contribution in [1.82, 2.24) is 14.9 Å². The Kier molecular flexibility index (Phi) is 6.57. The Morgan fingerprint density at radius 3 is 2.52 bits per heavy atom. The third kappa shape index (κ3) is 5.37. The lowest BCUT2D eigenvalue weighted by molar-refractivity contribution is -0.121. The van der Waals surface area contributed by atoms with Gasteiger partial charge in [0.2, 0.25) is 5.91 Å². The van der Waals surface area contributed by atoms with Crippen molar-refractivity contribution < 1.29 is 9.53 Å². The van der Waals surface area contributed by atoms with Crippen LogP contribution in [0.4, 0.5) is 0 Å². The first-order chi connectivity index (χ1) is 13.9. The van der Waals surface area contributed by atoms with Crippen LogP contribution in [-0.4, -0.2) is 22.1 Å². The van der Waals surface area contributed by atoms with Crippen LogP contribution in [0.1, 0.15) is 51.9 Å². The highest BCUT2D eigenvalue weighted by atomic mass is 16.5. The smallest absolute Gasteiger partial charge is 0.220 e. The lowest BCUT2D eigenvalue weighted by Crippen LogP contribution is -2.24. The topological polar surface area (TPSA) is 56.2 Å². The van der Waals surface area contributed by atoms with Gasteiger partial charge in [-0.3, -0.25) is 4.79 Å². The van der Waals surface area contributed by atoms with Crippen LogP contribution >= 0.6 is 0 Å². The number of para-hydroxylation sites is 2. The van der Waals surface area contributed by atoms with Crippen LogP contribution in [0.25, 0.3) is 11.0 Å². The standard InChI is InChI=1S/C24H31N3O2/c1-5-8-23(28)25-17-22-26-20-9-6-7-10-21(20)27(22)15-16-29-19-13-11-18(12-14-19)24(2,3)4/h6-7,9-14H,5,8,15-17H2,1-4H3,(H,25,28). The molecule has 154 valence electrons. The number of carbonyl (C=O) groups is 1. The maximum atomic E-state index is 11.9. The van der Waals surface area contributed by atoms with Crippen molar-refractivity contribution >= 4 is 16.9 Å². The number of ether oxygens (including phenoxy) is 1. The number of benzene rings is 2. The van der Waals surface area contributed by atoms with Crippen LogP contribution in [0, 0.1) is 0 Å². The van der Waals surface area contributed by atoms with Crippen LogP contribution in [-0.2, 0) is 23.3 Å². The van der Waals surface area contributed by atoms with E-state index in [2.05, 4.69) is 48.9 Å². The minimum absolute atomic E-state index is 0.0568. The first-order valence-corrected chi connectivity index (χ1v) is 10.3. The molecule has 3 rings (SSSR count). The van der Waals surface area contributed by atoms with Crippen molar-refractivity contribution in [2.24, 2.45) is 0 Å². The summed E-state index contributed by atoms with van der Waals surface area (Å²) in [7, 11) is 0. The number of nitrogens with zero attached hydrogens (tertiary/aromatic N) is 2. The Balaban J connectivity index is 1.68. The number of hydrogen-bond donors (Lipinski definition) is 1. The monoisotopic (exact) mass is 393 g/mol. The fraction of sp³-hybridized carbons (Fsp3) is 0.417. The molecule has 0 fully saturated rings. The molecule has 5 heteroatoms. The van der Waals surface area contributed by atoms with E-state index in [4.69, 9.17) is 9.72 Å². The normalized spacial score (nSPS) is 11.6. The van der Waals surface area contributed by atoms with Crippen LogP contribution in [0.3, 0.4) is 0 Å². The number of aromatic nitrogens is 2. The van der Waals surface area contributed by atoms with Crippen molar-refractivity contribution in [3.8, 4) is 5.75 Å². The Morgan fingerprint density at radius 1 is 1.10 bits per heavy atom. The van der Waals surface area contributed by atoms with Crippen molar-refractivity contribution in [2.75, 3.05) is 6.61 Å². The highest BCUT2D eigenvalue weighted by Gasteiger charge is 2.14. The molecule has 1 aromatic heterocycles. The lowest BCUT2D eigenvalue weighted by atomic mass is 9.87. The number of carbonyl (C=O) groups excluding carboxylic acids is 1. The van der Waals surface area contributed by atoms with Crippen LogP contribution in [0.15, 0.2) is 48.5 Å². The quantitative estimate of drug-likeness (QED) is 0.596. The molecule has 0 bridgehead atoms. The molecule has 5 nitrogen and oxygen atoms in total. The van der Waals surface area contributed by atoms with E-state index >= 15 is 0 Å². The fourth-order valence-electron chi connectivity index (χ4n) is 3.31. The number of rotatable bonds is 8. The molecule has 0 atom stereocenters. The molecule has 1 N–H and O–H groups in total. The van der Waals surface area contributed by atoms with E-state index < -0.39 is 0 Å². The Hall–Kier alpha value is -2.82. The van der Waals surface area contributed by atoms with Gasteiger partial charge in [0, 0.05) is 6.42 Å². The highest BCUT2D eigenvalue weighted by Crippen LogP contribution is 2.24. The van der Waals surface area contributed by atoms with Gasteiger partial charge < -0.3 is 14.6 Å². The second kappa shape index (κ2) is 9.12. The lowest BCUT2D eigenvalue weighted by Gasteiger charge is -2.19. The van der Waals surface area contributed by atoms with Gasteiger partial charge in [0.25, 0.3) is 0 Å². The largest absolute Gasteiger partial charge is 0.492 e. The molecular weight excluding hydrogens is 362 g/mol. The minimum atomic E-state index is 0.0568. The molecule has 2 aromatic carbocycles. The average Bonchev–Trinajstić information content (AvgIpc) is 3.04. The second-order valence-corrected chi connectivity index (χ2v) is 8.32. The highest BCUT2D eigenvalue weighted by molar-refractivity contribution is 5.77. The molecule has 0 saturated carbocycles. The summed E-state index contributed by atoms with van der Waals surface area (Å²) in [4.78, 5) is 16.6. The zero-order chi connectivity index (χ0) is 20.9. The van der Waals surface area contributed by atoms with Crippen LogP contribution in [0.5, 0.6) is 5.75 Å².